The van der Waals surface area contributed by atoms with E-state index >= 15 is 0 Å². The summed E-state index contributed by atoms with van der Waals surface area (Å²) in [6, 6.07) is 5.07. The van der Waals surface area contributed by atoms with E-state index in [2.05, 4.69) is 5.32 Å². The second-order valence-corrected chi connectivity index (χ2v) is 5.76. The van der Waals surface area contributed by atoms with Gasteiger partial charge in [-0.2, -0.15) is 0 Å². The molecular weight excluding hydrogens is 268 g/mol. The fourth-order valence-corrected chi connectivity index (χ4v) is 3.21. The highest BCUT2D eigenvalue weighted by Crippen LogP contribution is 2.22. The Labute approximate surface area is 123 Å². The predicted molar refractivity (Wildman–Crippen MR) is 78.2 cm³/mol. The number of rotatable bonds is 2. The van der Waals surface area contributed by atoms with Crippen molar-refractivity contribution in [3.05, 3.63) is 34.9 Å². The monoisotopic (exact) mass is 288 g/mol. The number of likely N-dealkylation sites (tertiary alicyclic amines) is 1. The van der Waals surface area contributed by atoms with Crippen molar-refractivity contribution in [3.8, 4) is 0 Å². The molecule has 21 heavy (non-hydrogen) atoms. The lowest BCUT2D eigenvalue weighted by molar-refractivity contribution is -0.143. The average molecular weight is 288 g/mol. The van der Waals surface area contributed by atoms with Crippen molar-refractivity contribution < 1.29 is 14.7 Å². The minimum absolute atomic E-state index is 0.157. The van der Waals surface area contributed by atoms with E-state index < -0.39 is 12.0 Å². The molecular formula is C16H20N2O3. The summed E-state index contributed by atoms with van der Waals surface area (Å²) < 4.78 is 0. The first kappa shape index (κ1) is 14.1. The SMILES string of the molecule is O=C(O)[C@@H]1CCCCN1C(=O)c1ccc2c(c1)CNCC2. The number of amides is 1. The molecule has 0 unspecified atom stereocenters. The summed E-state index contributed by atoms with van der Waals surface area (Å²) in [5.74, 6) is -1.06. The Kier molecular flexibility index (Phi) is 3.92. The van der Waals surface area contributed by atoms with E-state index in [-0.39, 0.29) is 5.91 Å². The van der Waals surface area contributed by atoms with Gasteiger partial charge in [-0.1, -0.05) is 6.07 Å². The van der Waals surface area contributed by atoms with Crippen LogP contribution in [0.15, 0.2) is 18.2 Å². The number of piperidine rings is 1. The van der Waals surface area contributed by atoms with Crippen LogP contribution in [0.1, 0.15) is 40.7 Å². The fraction of sp³-hybridized carbons (Fsp3) is 0.500. The highest BCUT2D eigenvalue weighted by molar-refractivity contribution is 5.97. The molecule has 0 aliphatic carbocycles. The normalized spacial score (nSPS) is 21.7. The van der Waals surface area contributed by atoms with Gasteiger partial charge in [-0.15, -0.1) is 0 Å². The molecule has 2 aliphatic heterocycles. The third kappa shape index (κ3) is 2.78. The number of carboxylic acid groups (broad SMARTS) is 1. The summed E-state index contributed by atoms with van der Waals surface area (Å²) in [6.07, 6.45) is 3.27. The van der Waals surface area contributed by atoms with Crippen LogP contribution < -0.4 is 5.32 Å². The number of carbonyl (C=O) groups is 2. The molecule has 1 aromatic rings. The topological polar surface area (TPSA) is 69.6 Å². The molecule has 0 radical (unpaired) electrons. The van der Waals surface area contributed by atoms with Gasteiger partial charge in [0.15, 0.2) is 0 Å². The van der Waals surface area contributed by atoms with Gasteiger partial charge in [0.05, 0.1) is 0 Å². The minimum atomic E-state index is -0.900. The summed E-state index contributed by atoms with van der Waals surface area (Å²) in [7, 11) is 0. The molecule has 1 amide bonds. The van der Waals surface area contributed by atoms with Crippen molar-refractivity contribution in [2.45, 2.75) is 38.3 Å². The second-order valence-electron chi connectivity index (χ2n) is 5.76. The quantitative estimate of drug-likeness (QED) is 0.863. The van der Waals surface area contributed by atoms with E-state index in [0.717, 1.165) is 37.9 Å². The lowest BCUT2D eigenvalue weighted by Crippen LogP contribution is -2.48. The average Bonchev–Trinajstić information content (AvgIpc) is 2.53. The molecule has 0 aromatic heterocycles. The molecule has 3 rings (SSSR count). The number of carbonyl (C=O) groups excluding carboxylic acids is 1. The maximum Gasteiger partial charge on any atom is 0.326 e. The minimum Gasteiger partial charge on any atom is -0.480 e. The maximum atomic E-state index is 12.6. The number of fused-ring (bicyclic) bond motifs is 1. The highest BCUT2D eigenvalue weighted by Gasteiger charge is 2.32. The van der Waals surface area contributed by atoms with Crippen LogP contribution in [0.2, 0.25) is 0 Å². The zero-order valence-corrected chi connectivity index (χ0v) is 12.0. The Morgan fingerprint density at radius 3 is 2.90 bits per heavy atom. The number of nitrogens with zero attached hydrogens (tertiary/aromatic N) is 1. The number of nitrogens with one attached hydrogen (secondary N) is 1. The van der Waals surface area contributed by atoms with Gasteiger partial charge in [0, 0.05) is 18.7 Å². The molecule has 1 fully saturated rings. The maximum absolute atomic E-state index is 12.6. The third-order valence-corrected chi connectivity index (χ3v) is 4.39. The summed E-state index contributed by atoms with van der Waals surface area (Å²) in [6.45, 7) is 2.28. The molecule has 1 aromatic carbocycles. The molecule has 5 heteroatoms. The summed E-state index contributed by atoms with van der Waals surface area (Å²) >= 11 is 0. The van der Waals surface area contributed by atoms with E-state index in [9.17, 15) is 14.7 Å². The fourth-order valence-electron chi connectivity index (χ4n) is 3.21. The van der Waals surface area contributed by atoms with Crippen LogP contribution in [-0.4, -0.2) is 41.0 Å². The molecule has 1 atom stereocenters. The predicted octanol–water partition coefficient (Wildman–Crippen LogP) is 1.41. The highest BCUT2D eigenvalue weighted by atomic mass is 16.4. The first-order valence-corrected chi connectivity index (χ1v) is 7.53. The van der Waals surface area contributed by atoms with Gasteiger partial charge >= 0.3 is 5.97 Å². The first-order chi connectivity index (χ1) is 10.2. The van der Waals surface area contributed by atoms with Gasteiger partial charge in [0.1, 0.15) is 6.04 Å². The zero-order valence-electron chi connectivity index (χ0n) is 12.0. The van der Waals surface area contributed by atoms with E-state index in [4.69, 9.17) is 0 Å². The molecule has 112 valence electrons. The Balaban J connectivity index is 1.85. The van der Waals surface area contributed by atoms with E-state index in [0.29, 0.717) is 18.5 Å². The standard InChI is InChI=1S/C16H20N2O3/c19-15(18-8-2-1-3-14(18)16(20)21)12-5-4-11-6-7-17-10-13(11)9-12/h4-5,9,14,17H,1-3,6-8,10H2,(H,20,21)/t14-/m0/s1. The van der Waals surface area contributed by atoms with Crippen LogP contribution >= 0.6 is 0 Å². The Morgan fingerprint density at radius 1 is 1.24 bits per heavy atom. The lowest BCUT2D eigenvalue weighted by Gasteiger charge is -2.33. The van der Waals surface area contributed by atoms with Gasteiger partial charge in [-0.05, 0) is 55.5 Å². The molecule has 0 bridgehead atoms. The van der Waals surface area contributed by atoms with Crippen molar-refractivity contribution in [3.63, 3.8) is 0 Å². The number of benzene rings is 1. The second kappa shape index (κ2) is 5.85. The Hall–Kier alpha value is -1.88. The smallest absolute Gasteiger partial charge is 0.326 e. The van der Waals surface area contributed by atoms with E-state index in [1.54, 1.807) is 0 Å². The van der Waals surface area contributed by atoms with Crippen LogP contribution in [0.3, 0.4) is 0 Å². The molecule has 5 nitrogen and oxygen atoms in total. The van der Waals surface area contributed by atoms with Crippen molar-refractivity contribution in [2.75, 3.05) is 13.1 Å². The molecule has 0 spiro atoms. The Bertz CT molecular complexity index is 571. The lowest BCUT2D eigenvalue weighted by atomic mass is 9.96. The molecule has 2 aliphatic rings. The van der Waals surface area contributed by atoms with Crippen LogP contribution in [0, 0.1) is 0 Å². The van der Waals surface area contributed by atoms with Gasteiger partial charge in [0.2, 0.25) is 0 Å². The zero-order chi connectivity index (χ0) is 14.8. The van der Waals surface area contributed by atoms with E-state index in [1.807, 2.05) is 18.2 Å². The molecule has 0 saturated carbocycles. The van der Waals surface area contributed by atoms with Crippen molar-refractivity contribution in [2.24, 2.45) is 0 Å². The van der Waals surface area contributed by atoms with E-state index in [1.165, 1.54) is 10.5 Å². The summed E-state index contributed by atoms with van der Waals surface area (Å²) in [4.78, 5) is 25.5. The van der Waals surface area contributed by atoms with Gasteiger partial charge < -0.3 is 15.3 Å². The largest absolute Gasteiger partial charge is 0.480 e. The van der Waals surface area contributed by atoms with Crippen LogP contribution in [0.4, 0.5) is 0 Å². The number of hydrogen-bond acceptors (Lipinski definition) is 3. The summed E-state index contributed by atoms with van der Waals surface area (Å²) in [5.41, 5.74) is 3.03. The van der Waals surface area contributed by atoms with Crippen LogP contribution in [0.5, 0.6) is 0 Å². The molecule has 1 saturated heterocycles. The molecule has 2 heterocycles. The van der Waals surface area contributed by atoms with Crippen molar-refractivity contribution >= 4 is 11.9 Å². The summed E-state index contributed by atoms with van der Waals surface area (Å²) in [5, 5.41) is 12.6. The van der Waals surface area contributed by atoms with Crippen molar-refractivity contribution in [1.29, 1.82) is 0 Å². The molecule has 2 N–H and O–H groups in total. The van der Waals surface area contributed by atoms with Crippen LogP contribution in [0.25, 0.3) is 0 Å². The number of carboxylic acids is 1. The van der Waals surface area contributed by atoms with Crippen molar-refractivity contribution in [1.82, 2.24) is 10.2 Å². The van der Waals surface area contributed by atoms with Crippen LogP contribution in [-0.2, 0) is 17.8 Å². The number of hydrogen-bond donors (Lipinski definition) is 2. The van der Waals surface area contributed by atoms with Gasteiger partial charge in [-0.25, -0.2) is 4.79 Å². The first-order valence-electron chi connectivity index (χ1n) is 7.53. The third-order valence-electron chi connectivity index (χ3n) is 4.39. The Morgan fingerprint density at radius 2 is 2.10 bits per heavy atom. The van der Waals surface area contributed by atoms with Gasteiger partial charge in [0.25, 0.3) is 5.91 Å². The van der Waals surface area contributed by atoms with Gasteiger partial charge in [-0.3, -0.25) is 4.79 Å². The number of aliphatic carboxylic acids is 1.